The van der Waals surface area contributed by atoms with Crippen LogP contribution in [0.4, 0.5) is 10.3 Å². The second kappa shape index (κ2) is 10.7. The SMILES string of the molecule is C=CCOC(=O)C1=C(C)Nc2nnnn2C1c1cc(Br)c(OCc2ccccc2F)c(OCC)c1. The Hall–Kier alpha value is -3.73. The van der Waals surface area contributed by atoms with E-state index >= 15 is 0 Å². The van der Waals surface area contributed by atoms with Gasteiger partial charge in [0.15, 0.2) is 11.5 Å². The summed E-state index contributed by atoms with van der Waals surface area (Å²) in [4.78, 5) is 13.0. The first-order valence-electron chi connectivity index (χ1n) is 10.8. The first-order chi connectivity index (χ1) is 16.9. The summed E-state index contributed by atoms with van der Waals surface area (Å²) in [6, 6.07) is 9.23. The largest absolute Gasteiger partial charge is 0.490 e. The number of carbonyl (C=O) groups is 1. The van der Waals surface area contributed by atoms with Crippen molar-refractivity contribution in [2.45, 2.75) is 26.5 Å². The van der Waals surface area contributed by atoms with Gasteiger partial charge in [0.25, 0.3) is 0 Å². The van der Waals surface area contributed by atoms with Gasteiger partial charge in [-0.2, -0.15) is 4.68 Å². The van der Waals surface area contributed by atoms with Crippen LogP contribution in [0.3, 0.4) is 0 Å². The fourth-order valence-electron chi connectivity index (χ4n) is 3.71. The van der Waals surface area contributed by atoms with Gasteiger partial charge in [-0.25, -0.2) is 9.18 Å². The van der Waals surface area contributed by atoms with Gasteiger partial charge in [-0.3, -0.25) is 0 Å². The Balaban J connectivity index is 1.75. The van der Waals surface area contributed by atoms with E-state index in [-0.39, 0.29) is 19.0 Å². The van der Waals surface area contributed by atoms with Crippen molar-refractivity contribution in [3.05, 3.63) is 81.7 Å². The summed E-state index contributed by atoms with van der Waals surface area (Å²) in [5.41, 5.74) is 1.95. The van der Waals surface area contributed by atoms with Crippen molar-refractivity contribution in [1.82, 2.24) is 20.2 Å². The number of esters is 1. The number of allylic oxidation sites excluding steroid dienone is 1. The number of aromatic nitrogens is 4. The molecule has 2 heterocycles. The molecule has 0 fully saturated rings. The number of halogens is 2. The standard InChI is InChI=1S/C24H23BrFN5O4/c1-4-10-34-23(32)20-14(3)27-24-28-29-30-31(24)21(20)16-11-17(25)22(19(12-16)33-5-2)35-13-15-8-6-7-9-18(15)26/h4,6-9,11-12,21H,1,5,10,13H2,2-3H3,(H,27,28,30). The highest BCUT2D eigenvalue weighted by atomic mass is 79.9. The highest BCUT2D eigenvalue weighted by Crippen LogP contribution is 2.43. The van der Waals surface area contributed by atoms with E-state index in [1.165, 1.54) is 16.8 Å². The normalized spacial score (nSPS) is 14.7. The lowest BCUT2D eigenvalue weighted by atomic mass is 9.95. The number of nitrogens with one attached hydrogen (secondary N) is 1. The molecule has 3 aromatic rings. The van der Waals surface area contributed by atoms with Crippen LogP contribution in [-0.2, 0) is 16.1 Å². The van der Waals surface area contributed by atoms with Crippen molar-refractivity contribution in [2.24, 2.45) is 0 Å². The maximum atomic E-state index is 14.1. The summed E-state index contributed by atoms with van der Waals surface area (Å²) in [5.74, 6) is 0.304. The van der Waals surface area contributed by atoms with Gasteiger partial charge >= 0.3 is 5.97 Å². The molecule has 1 N–H and O–H groups in total. The quantitative estimate of drug-likeness (QED) is 0.309. The van der Waals surface area contributed by atoms with Crippen molar-refractivity contribution in [3.8, 4) is 11.5 Å². The number of rotatable bonds is 9. The predicted octanol–water partition coefficient (Wildman–Crippen LogP) is 4.57. The molecule has 0 bridgehead atoms. The van der Waals surface area contributed by atoms with Crippen LogP contribution in [-0.4, -0.2) is 39.4 Å². The molecule has 2 aromatic carbocycles. The minimum Gasteiger partial charge on any atom is -0.490 e. The Morgan fingerprint density at radius 1 is 1.31 bits per heavy atom. The van der Waals surface area contributed by atoms with E-state index in [9.17, 15) is 9.18 Å². The number of ether oxygens (including phenoxy) is 3. The molecular weight excluding hydrogens is 521 g/mol. The third-order valence-corrected chi connectivity index (χ3v) is 5.83. The van der Waals surface area contributed by atoms with E-state index in [0.717, 1.165) is 0 Å². The average molecular weight is 544 g/mol. The van der Waals surface area contributed by atoms with Gasteiger partial charge in [0.05, 0.1) is 16.7 Å². The second-order valence-corrected chi connectivity index (χ2v) is 8.40. The van der Waals surface area contributed by atoms with Crippen molar-refractivity contribution >= 4 is 27.8 Å². The smallest absolute Gasteiger partial charge is 0.338 e. The third kappa shape index (κ3) is 5.04. The van der Waals surface area contributed by atoms with Gasteiger partial charge in [-0.1, -0.05) is 36.0 Å². The Kier molecular flexibility index (Phi) is 7.45. The molecule has 0 radical (unpaired) electrons. The van der Waals surface area contributed by atoms with Gasteiger partial charge in [-0.15, -0.1) is 0 Å². The molecule has 1 atom stereocenters. The number of benzene rings is 2. The zero-order valence-electron chi connectivity index (χ0n) is 19.1. The first-order valence-corrected chi connectivity index (χ1v) is 11.6. The molecule has 9 nitrogen and oxygen atoms in total. The van der Waals surface area contributed by atoms with Gasteiger partial charge in [-0.05, 0) is 64.0 Å². The lowest BCUT2D eigenvalue weighted by Gasteiger charge is -2.28. The predicted molar refractivity (Wildman–Crippen MR) is 129 cm³/mol. The summed E-state index contributed by atoms with van der Waals surface area (Å²) < 4.78 is 33.3. The molecule has 1 unspecified atom stereocenters. The van der Waals surface area contributed by atoms with Crippen LogP contribution in [0.15, 0.2) is 64.8 Å². The average Bonchev–Trinajstić information content (AvgIpc) is 3.30. The molecule has 11 heteroatoms. The topological polar surface area (TPSA) is 100 Å². The van der Waals surface area contributed by atoms with Gasteiger partial charge < -0.3 is 19.5 Å². The van der Waals surface area contributed by atoms with Crippen molar-refractivity contribution in [1.29, 1.82) is 0 Å². The van der Waals surface area contributed by atoms with Crippen LogP contribution in [0.5, 0.6) is 11.5 Å². The zero-order valence-corrected chi connectivity index (χ0v) is 20.7. The third-order valence-electron chi connectivity index (χ3n) is 5.24. The van der Waals surface area contributed by atoms with Crippen molar-refractivity contribution in [3.63, 3.8) is 0 Å². The molecule has 1 aliphatic rings. The second-order valence-electron chi connectivity index (χ2n) is 7.54. The van der Waals surface area contributed by atoms with Crippen LogP contribution in [0.1, 0.15) is 31.0 Å². The summed E-state index contributed by atoms with van der Waals surface area (Å²) in [7, 11) is 0. The highest BCUT2D eigenvalue weighted by Gasteiger charge is 2.36. The van der Waals surface area contributed by atoms with E-state index in [1.807, 2.05) is 6.92 Å². The fourth-order valence-corrected chi connectivity index (χ4v) is 4.29. The maximum absolute atomic E-state index is 14.1. The molecule has 0 saturated heterocycles. The molecule has 0 spiro atoms. The van der Waals surface area contributed by atoms with Crippen molar-refractivity contribution in [2.75, 3.05) is 18.5 Å². The van der Waals surface area contributed by atoms with Crippen LogP contribution in [0, 0.1) is 5.82 Å². The van der Waals surface area contributed by atoms with Crippen LogP contribution in [0.2, 0.25) is 0 Å². The van der Waals surface area contributed by atoms with Crippen LogP contribution in [0.25, 0.3) is 0 Å². The monoisotopic (exact) mass is 543 g/mol. The lowest BCUT2D eigenvalue weighted by molar-refractivity contribution is -0.138. The number of carbonyl (C=O) groups excluding carboxylic acids is 1. The number of hydrogen-bond donors (Lipinski definition) is 1. The van der Waals surface area contributed by atoms with E-state index in [2.05, 4.69) is 43.4 Å². The first kappa shape index (κ1) is 24.4. The number of hydrogen-bond acceptors (Lipinski definition) is 8. The summed E-state index contributed by atoms with van der Waals surface area (Å²) in [6.07, 6.45) is 1.49. The summed E-state index contributed by atoms with van der Waals surface area (Å²) in [5, 5.41) is 14.8. The molecule has 0 amide bonds. The fraction of sp³-hybridized carbons (Fsp3) is 0.250. The maximum Gasteiger partial charge on any atom is 0.338 e. The van der Waals surface area contributed by atoms with Crippen LogP contribution >= 0.6 is 15.9 Å². The molecule has 0 saturated carbocycles. The molecule has 35 heavy (non-hydrogen) atoms. The molecule has 1 aromatic heterocycles. The Labute approximate surface area is 209 Å². The molecule has 182 valence electrons. The van der Waals surface area contributed by atoms with E-state index in [4.69, 9.17) is 14.2 Å². The van der Waals surface area contributed by atoms with Gasteiger partial charge in [0.1, 0.15) is 25.1 Å². The number of fused-ring (bicyclic) bond motifs is 1. The Bertz CT molecular complexity index is 1290. The molecular formula is C24H23BrFN5O4. The van der Waals surface area contributed by atoms with Crippen LogP contribution < -0.4 is 14.8 Å². The van der Waals surface area contributed by atoms with Gasteiger partial charge in [0.2, 0.25) is 5.95 Å². The minimum absolute atomic E-state index is 0.00727. The minimum atomic E-state index is -0.699. The van der Waals surface area contributed by atoms with E-state index < -0.39 is 12.0 Å². The summed E-state index contributed by atoms with van der Waals surface area (Å²) in [6.45, 7) is 7.61. The number of nitrogens with zero attached hydrogens (tertiary/aromatic N) is 4. The van der Waals surface area contributed by atoms with Crippen molar-refractivity contribution < 1.29 is 23.4 Å². The summed E-state index contributed by atoms with van der Waals surface area (Å²) >= 11 is 3.55. The number of anilines is 1. The molecule has 0 aliphatic carbocycles. The molecule has 4 rings (SSSR count). The van der Waals surface area contributed by atoms with E-state index in [0.29, 0.717) is 50.9 Å². The van der Waals surface area contributed by atoms with E-state index in [1.54, 1.807) is 37.3 Å². The highest BCUT2D eigenvalue weighted by molar-refractivity contribution is 9.10. The lowest BCUT2D eigenvalue weighted by Crippen LogP contribution is -2.29. The Morgan fingerprint density at radius 2 is 2.11 bits per heavy atom. The van der Waals surface area contributed by atoms with Gasteiger partial charge in [0, 0.05) is 11.3 Å². The number of tetrazole rings is 1. The zero-order chi connectivity index (χ0) is 24.9. The Morgan fingerprint density at radius 3 is 2.86 bits per heavy atom. The molecule has 1 aliphatic heterocycles.